The maximum absolute atomic E-state index is 14.9. The maximum Gasteiger partial charge on any atom is 0.246 e. The van der Waals surface area contributed by atoms with E-state index in [-0.39, 0.29) is 93.3 Å². The molecule has 25 heteroatoms. The van der Waals surface area contributed by atoms with Crippen LogP contribution >= 0.6 is 35.1 Å². The summed E-state index contributed by atoms with van der Waals surface area (Å²) in [5, 5.41) is 32.1. The molecule has 2 bridgehead atoms. The van der Waals surface area contributed by atoms with E-state index in [1.54, 1.807) is 26.8 Å². The zero-order valence-electron chi connectivity index (χ0n) is 48.8. The van der Waals surface area contributed by atoms with Crippen molar-refractivity contribution in [2.45, 2.75) is 172 Å². The van der Waals surface area contributed by atoms with Crippen molar-refractivity contribution in [1.29, 1.82) is 0 Å². The summed E-state index contributed by atoms with van der Waals surface area (Å²) < 4.78 is 5.68. The van der Waals surface area contributed by atoms with Gasteiger partial charge in [-0.25, -0.2) is 0 Å². The standard InChI is InChI=1S/C58H84ClN11O11S2/c1-9-34(8)49-56(79)64-44(50(60)73)29-82-27-37-11-10-12-38(62-37)28-83-30-45(53(76)69-58(17-19-81-20-18-58)57(80)66-43(22-32(4)5)52(75)68-49)65-51(74)42(21-31(2)3)63-55(78)48(33(6)7)67-54(77)46-24-39(71)26-70(46)47(72)16-13-35-25-61-41-15-14-36(59)23-40(35)41/h10-12,14-15,23,25,31-34,39,42-46,48-49,61,71H,9,13,16-22,24,26-30H2,1-8H3,(H2,60,73)(H,63,78)(H,64,79)(H,65,74)(H,66,80)(H,67,77)(H,68,75)(H,69,76)/t34-,39+,42+,43-,44-,45-,46-,48-,49-/m0/s1. The molecule has 2 aromatic heterocycles. The molecule has 3 aromatic rings. The molecule has 83 heavy (non-hydrogen) atoms. The number of carbonyl (C=O) groups is 9. The summed E-state index contributed by atoms with van der Waals surface area (Å²) in [6.07, 6.45) is 1.94. The Balaban J connectivity index is 1.24. The zero-order chi connectivity index (χ0) is 60.7. The molecule has 0 saturated carbocycles. The van der Waals surface area contributed by atoms with Crippen molar-refractivity contribution in [2.24, 2.45) is 29.4 Å². The Morgan fingerprint density at radius 1 is 0.880 bits per heavy atom. The topological polar surface area (TPSA) is 325 Å². The molecule has 9 amide bonds. The van der Waals surface area contributed by atoms with Gasteiger partial charge in [0.15, 0.2) is 0 Å². The second-order valence-corrected chi connectivity index (χ2v) is 25.8. The largest absolute Gasteiger partial charge is 0.391 e. The summed E-state index contributed by atoms with van der Waals surface area (Å²) in [4.78, 5) is 137. The van der Waals surface area contributed by atoms with E-state index in [9.17, 15) is 48.3 Å². The molecule has 456 valence electrons. The van der Waals surface area contributed by atoms with E-state index in [0.29, 0.717) is 35.0 Å². The van der Waals surface area contributed by atoms with Gasteiger partial charge in [-0.3, -0.25) is 48.1 Å². The number of nitrogens with zero attached hydrogens (tertiary/aromatic N) is 2. The first-order valence-electron chi connectivity index (χ1n) is 28.7. The molecule has 5 heterocycles. The molecule has 6 rings (SSSR count). The molecule has 0 unspecified atom stereocenters. The van der Waals surface area contributed by atoms with Gasteiger partial charge in [0.25, 0.3) is 0 Å². The highest BCUT2D eigenvalue weighted by molar-refractivity contribution is 7.98. The highest BCUT2D eigenvalue weighted by atomic mass is 35.5. The number of thioether (sulfide) groups is 2. The van der Waals surface area contributed by atoms with E-state index in [0.717, 1.165) is 16.5 Å². The van der Waals surface area contributed by atoms with Gasteiger partial charge in [-0.2, -0.15) is 23.5 Å². The summed E-state index contributed by atoms with van der Waals surface area (Å²) in [6, 6.07) is 2.73. The Morgan fingerprint density at radius 3 is 2.20 bits per heavy atom. The van der Waals surface area contributed by atoms with Gasteiger partial charge in [0, 0.05) is 90.6 Å². The Kier molecular flexibility index (Phi) is 24.5. The number of carbonyl (C=O) groups excluding carboxylic acids is 9. The summed E-state index contributed by atoms with van der Waals surface area (Å²) in [7, 11) is 0. The number of amides is 9. The number of hydrogen-bond donors (Lipinski definition) is 10. The van der Waals surface area contributed by atoms with E-state index in [1.165, 1.54) is 28.4 Å². The van der Waals surface area contributed by atoms with E-state index in [1.807, 2.05) is 71.1 Å². The lowest BCUT2D eigenvalue weighted by molar-refractivity contribution is -0.141. The van der Waals surface area contributed by atoms with Crippen molar-refractivity contribution in [1.82, 2.24) is 52.1 Å². The predicted molar refractivity (Wildman–Crippen MR) is 319 cm³/mol. The van der Waals surface area contributed by atoms with E-state index >= 15 is 0 Å². The van der Waals surface area contributed by atoms with Crippen LogP contribution in [-0.4, -0.2) is 158 Å². The minimum Gasteiger partial charge on any atom is -0.391 e. The lowest BCUT2D eigenvalue weighted by Crippen LogP contribution is -2.67. The van der Waals surface area contributed by atoms with Gasteiger partial charge in [-0.05, 0) is 78.8 Å². The van der Waals surface area contributed by atoms with Crippen molar-refractivity contribution in [3.05, 3.63) is 64.6 Å². The average molecular weight is 1210 g/mol. The number of aliphatic hydroxyl groups is 1. The number of pyridine rings is 1. The van der Waals surface area contributed by atoms with Crippen LogP contribution in [0.15, 0.2) is 42.6 Å². The third-order valence-corrected chi connectivity index (χ3v) is 17.7. The monoisotopic (exact) mass is 1210 g/mol. The minimum absolute atomic E-state index is 0.0103. The number of aromatic amines is 1. The minimum atomic E-state index is -1.62. The van der Waals surface area contributed by atoms with Gasteiger partial charge in [0.1, 0.15) is 47.8 Å². The lowest BCUT2D eigenvalue weighted by Gasteiger charge is -2.39. The van der Waals surface area contributed by atoms with Gasteiger partial charge in [0.05, 0.1) is 17.5 Å². The summed E-state index contributed by atoms with van der Waals surface area (Å²) >= 11 is 8.87. The van der Waals surface area contributed by atoms with Crippen LogP contribution in [0.3, 0.4) is 0 Å². The third kappa shape index (κ3) is 18.5. The number of nitrogens with one attached hydrogen (secondary N) is 8. The first-order valence-corrected chi connectivity index (χ1v) is 31.4. The molecule has 2 fully saturated rings. The van der Waals surface area contributed by atoms with Crippen LogP contribution < -0.4 is 43.0 Å². The first kappa shape index (κ1) is 66.2. The molecule has 3 aliphatic heterocycles. The Morgan fingerprint density at radius 2 is 1.57 bits per heavy atom. The number of likely N-dealkylation sites (tertiary alicyclic amines) is 1. The third-order valence-electron chi connectivity index (χ3n) is 15.3. The number of aromatic nitrogens is 2. The number of hydrogen-bond acceptors (Lipinski definition) is 14. The fourth-order valence-electron chi connectivity index (χ4n) is 10.4. The van der Waals surface area contributed by atoms with Crippen LogP contribution in [0.25, 0.3) is 10.9 Å². The predicted octanol–water partition coefficient (Wildman–Crippen LogP) is 3.14. The average Bonchev–Trinajstić information content (AvgIpc) is 4.24. The summed E-state index contributed by atoms with van der Waals surface area (Å²) in [6.45, 7) is 14.6. The van der Waals surface area contributed by atoms with Crippen LogP contribution in [0.2, 0.25) is 5.02 Å². The maximum atomic E-state index is 14.9. The van der Waals surface area contributed by atoms with Gasteiger partial charge < -0.3 is 62.7 Å². The second kappa shape index (κ2) is 30.7. The highest BCUT2D eigenvalue weighted by Crippen LogP contribution is 2.27. The van der Waals surface area contributed by atoms with E-state index < -0.39 is 113 Å². The number of ether oxygens (including phenoxy) is 1. The SMILES string of the molecule is CC[C@H](C)[C@@H]1NC(=O)[C@H](CC(C)C)NC(=O)C2(CCOCC2)NC(=O)[C@@H](NC(=O)[C@@H](CC(C)C)NC(=O)[C@@H](NC(=O)[C@@H]2C[C@@H](O)CN2C(=O)CCc2c[nH]c3ccc(Cl)cc23)C(C)C)CSCc2cccc(n2)CSC[C@@H](C(N)=O)NC1=O. The van der Waals surface area contributed by atoms with Crippen molar-refractivity contribution in [3.8, 4) is 0 Å². The summed E-state index contributed by atoms with van der Waals surface area (Å²) in [5.41, 5.74) is 7.20. The van der Waals surface area contributed by atoms with E-state index in [4.69, 9.17) is 27.1 Å². The molecule has 0 aliphatic carbocycles. The number of aliphatic hydroxyl groups excluding tert-OH is 1. The molecular formula is C58H84ClN11O11S2. The number of halogens is 1. The van der Waals surface area contributed by atoms with E-state index in [2.05, 4.69) is 42.2 Å². The number of fused-ring (bicyclic) bond motifs is 3. The normalized spacial score (nSPS) is 23.5. The number of H-pyrrole nitrogens is 1. The summed E-state index contributed by atoms with van der Waals surface area (Å²) in [5.74, 6) is -6.26. The van der Waals surface area contributed by atoms with Crippen molar-refractivity contribution >= 4 is 99.2 Å². The zero-order valence-corrected chi connectivity index (χ0v) is 51.2. The number of rotatable bonds is 17. The molecule has 1 spiro atoms. The van der Waals surface area contributed by atoms with Crippen LogP contribution in [0.1, 0.15) is 117 Å². The van der Waals surface area contributed by atoms with Gasteiger partial charge in [0.2, 0.25) is 53.2 Å². The molecule has 9 atom stereocenters. The molecule has 2 saturated heterocycles. The molecule has 22 nitrogen and oxygen atoms in total. The van der Waals surface area contributed by atoms with Crippen molar-refractivity contribution in [2.75, 3.05) is 31.3 Å². The fraction of sp³-hybridized carbons (Fsp3) is 0.621. The lowest BCUT2D eigenvalue weighted by atomic mass is 9.87. The number of nitrogens with two attached hydrogens (primary N) is 1. The molecule has 11 N–H and O–H groups in total. The van der Waals surface area contributed by atoms with Crippen LogP contribution in [0, 0.1) is 23.7 Å². The number of primary amides is 1. The number of β-amino-alcohol motifs (C(OH)–C–C–N with tert-alkyl or cyclic N) is 1. The molecule has 0 radical (unpaired) electrons. The smallest absolute Gasteiger partial charge is 0.246 e. The van der Waals surface area contributed by atoms with Crippen LogP contribution in [0.5, 0.6) is 0 Å². The van der Waals surface area contributed by atoms with Crippen LogP contribution in [-0.2, 0) is 65.8 Å². The van der Waals surface area contributed by atoms with Gasteiger partial charge in [-0.1, -0.05) is 79.5 Å². The van der Waals surface area contributed by atoms with Crippen molar-refractivity contribution in [3.63, 3.8) is 0 Å². The second-order valence-electron chi connectivity index (χ2n) is 23.3. The first-order chi connectivity index (χ1) is 39.4. The molecule has 3 aliphatic rings. The fourth-order valence-corrected chi connectivity index (χ4v) is 12.5. The Bertz CT molecular complexity index is 2790. The van der Waals surface area contributed by atoms with Crippen molar-refractivity contribution < 1.29 is 53.0 Å². The Labute approximate surface area is 499 Å². The number of benzene rings is 1. The molecule has 1 aromatic carbocycles. The molecular weight excluding hydrogens is 1130 g/mol. The Hall–Kier alpha value is -5.95. The van der Waals surface area contributed by atoms with Gasteiger partial charge in [-0.15, -0.1) is 0 Å². The van der Waals surface area contributed by atoms with Gasteiger partial charge >= 0.3 is 0 Å². The highest BCUT2D eigenvalue weighted by Gasteiger charge is 2.46. The van der Waals surface area contributed by atoms with Crippen LogP contribution in [0.4, 0.5) is 0 Å². The number of aryl methyl sites for hydroxylation is 1. The quantitative estimate of drug-likeness (QED) is 0.0929.